The van der Waals surface area contributed by atoms with E-state index in [2.05, 4.69) is 20.0 Å². The lowest BCUT2D eigenvalue weighted by Gasteiger charge is -2.29. The van der Waals surface area contributed by atoms with Gasteiger partial charge in [0.05, 0.1) is 12.4 Å². The summed E-state index contributed by atoms with van der Waals surface area (Å²) in [5.41, 5.74) is 6.51. The molecule has 0 amide bonds. The molecule has 14 nitrogen and oxygen atoms in total. The Morgan fingerprint density at radius 2 is 1.82 bits per heavy atom. The van der Waals surface area contributed by atoms with Gasteiger partial charge in [0.25, 0.3) is 0 Å². The largest absolute Gasteiger partial charge is 0.461 e. The van der Waals surface area contributed by atoms with Crippen LogP contribution < -0.4 is 15.3 Å². The molecule has 5 unspecified atom stereocenters. The number of imidazole rings is 1. The van der Waals surface area contributed by atoms with Crippen molar-refractivity contribution in [1.82, 2.24) is 24.6 Å². The molecule has 0 radical (unpaired) electrons. The zero-order chi connectivity index (χ0) is 31.7. The number of aromatic nitrogens is 4. The Balaban J connectivity index is 1.24. The van der Waals surface area contributed by atoms with E-state index in [9.17, 15) is 19.6 Å². The first-order chi connectivity index (χ1) is 21.6. The van der Waals surface area contributed by atoms with Gasteiger partial charge in [-0.25, -0.2) is 19.5 Å². The maximum absolute atomic E-state index is 14.5. The van der Waals surface area contributed by atoms with Crippen LogP contribution in [0.1, 0.15) is 52.2 Å². The molecule has 2 aromatic carbocycles. The van der Waals surface area contributed by atoms with Gasteiger partial charge < -0.3 is 29.9 Å². The number of hydrogen-bond donors (Lipinski definition) is 4. The second-order valence-corrected chi connectivity index (χ2v) is 13.1. The molecule has 0 spiro atoms. The Labute approximate surface area is 259 Å². The summed E-state index contributed by atoms with van der Waals surface area (Å²) in [4.78, 5) is 25.4. The van der Waals surface area contributed by atoms with Crippen molar-refractivity contribution in [1.29, 1.82) is 0 Å². The Morgan fingerprint density at radius 3 is 2.62 bits per heavy atom. The Hall–Kier alpha value is -3.65. The van der Waals surface area contributed by atoms with Crippen molar-refractivity contribution in [3.63, 3.8) is 0 Å². The molecule has 2 fully saturated rings. The summed E-state index contributed by atoms with van der Waals surface area (Å²) in [5, 5.41) is 26.3. The zero-order valence-electron chi connectivity index (χ0n) is 24.9. The van der Waals surface area contributed by atoms with E-state index >= 15 is 0 Å². The zero-order valence-corrected chi connectivity index (χ0v) is 25.8. The summed E-state index contributed by atoms with van der Waals surface area (Å²) in [7, 11) is -4.37. The minimum absolute atomic E-state index is 0.147. The third kappa shape index (κ3) is 6.53. The average Bonchev–Trinajstić information content (AvgIpc) is 3.59. The maximum Gasteiger partial charge on any atom is 0.459 e. The van der Waals surface area contributed by atoms with Gasteiger partial charge in [-0.2, -0.15) is 5.09 Å². The van der Waals surface area contributed by atoms with E-state index in [1.165, 1.54) is 31.1 Å². The number of nitrogens with zero attached hydrogens (tertiary/aromatic N) is 4. The van der Waals surface area contributed by atoms with E-state index in [0.717, 1.165) is 37.5 Å². The van der Waals surface area contributed by atoms with Gasteiger partial charge in [-0.05, 0) is 51.0 Å². The first-order valence-corrected chi connectivity index (χ1v) is 16.6. The summed E-state index contributed by atoms with van der Waals surface area (Å²) >= 11 is 0. The van der Waals surface area contributed by atoms with E-state index in [4.69, 9.17) is 24.3 Å². The summed E-state index contributed by atoms with van der Waals surface area (Å²) < 4.78 is 39.8. The molecule has 5 N–H and O–H groups in total. The van der Waals surface area contributed by atoms with Crippen LogP contribution in [-0.2, 0) is 23.4 Å². The molecule has 15 heteroatoms. The average molecular weight is 641 g/mol. The Bertz CT molecular complexity index is 1710. The predicted molar refractivity (Wildman–Crippen MR) is 164 cm³/mol. The van der Waals surface area contributed by atoms with Crippen LogP contribution in [0.3, 0.4) is 0 Å². The quantitative estimate of drug-likeness (QED) is 0.145. The van der Waals surface area contributed by atoms with Crippen molar-refractivity contribution < 1.29 is 38.1 Å². The molecule has 240 valence electrons. The summed E-state index contributed by atoms with van der Waals surface area (Å²) in [6.45, 7) is 3.05. The number of hydrogen-bond acceptors (Lipinski definition) is 12. The van der Waals surface area contributed by atoms with Gasteiger partial charge in [0.2, 0.25) is 0 Å². The highest BCUT2D eigenvalue weighted by Gasteiger charge is 2.49. The molecular weight excluding hydrogens is 603 g/mol. The van der Waals surface area contributed by atoms with Crippen molar-refractivity contribution in [3.8, 4) is 5.75 Å². The van der Waals surface area contributed by atoms with Crippen molar-refractivity contribution in [2.24, 2.45) is 0 Å². The number of nitrogens with one attached hydrogen (secondary N) is 1. The number of aliphatic hydroxyl groups is 2. The molecule has 2 aromatic heterocycles. The number of nitrogens with two attached hydrogens (primary N) is 1. The third-order valence-electron chi connectivity index (χ3n) is 8.21. The minimum atomic E-state index is -4.37. The fourth-order valence-electron chi connectivity index (χ4n) is 5.86. The number of carbonyl (C=O) groups excluding carboxylic acids is 1. The lowest BCUT2D eigenvalue weighted by Crippen LogP contribution is -2.41. The maximum atomic E-state index is 14.5. The molecule has 4 aromatic rings. The van der Waals surface area contributed by atoms with Gasteiger partial charge in [-0.1, -0.05) is 42.8 Å². The van der Waals surface area contributed by atoms with Gasteiger partial charge in [0, 0.05) is 5.39 Å². The Kier molecular flexibility index (Phi) is 9.05. The number of fused-ring (bicyclic) bond motifs is 2. The highest BCUT2D eigenvalue weighted by molar-refractivity contribution is 7.52. The van der Waals surface area contributed by atoms with Crippen molar-refractivity contribution in [2.75, 3.05) is 5.73 Å². The number of ether oxygens (including phenoxy) is 2. The van der Waals surface area contributed by atoms with Crippen molar-refractivity contribution in [3.05, 3.63) is 55.1 Å². The van der Waals surface area contributed by atoms with Gasteiger partial charge in [-0.15, -0.1) is 0 Å². The van der Waals surface area contributed by atoms with Crippen LogP contribution in [0, 0.1) is 0 Å². The van der Waals surface area contributed by atoms with Crippen molar-refractivity contribution in [2.45, 2.75) is 88.7 Å². The van der Waals surface area contributed by atoms with Crippen LogP contribution in [0.5, 0.6) is 5.75 Å². The fraction of sp³-hybridized carbons (Fsp3) is 0.467. The number of rotatable bonds is 10. The van der Waals surface area contributed by atoms with E-state index < -0.39 is 50.4 Å². The van der Waals surface area contributed by atoms with E-state index in [1.807, 2.05) is 30.3 Å². The topological polar surface area (TPSA) is 193 Å². The smallest absolute Gasteiger partial charge is 0.459 e. The number of nitrogen functional groups attached to an aromatic ring is 1. The van der Waals surface area contributed by atoms with Gasteiger partial charge >= 0.3 is 13.7 Å². The molecule has 1 aliphatic heterocycles. The summed E-state index contributed by atoms with van der Waals surface area (Å²) in [6.07, 6.45) is 0.773. The van der Waals surface area contributed by atoms with Gasteiger partial charge in [0.1, 0.15) is 48.1 Å². The highest BCUT2D eigenvalue weighted by atomic mass is 31.2. The van der Waals surface area contributed by atoms with E-state index in [0.29, 0.717) is 16.6 Å². The standard InChI is InChI=1S/C30H37N6O8P/c1-17(30(39)41-20-11-4-3-5-12-20)35-45(40,44-22-14-8-10-19-9-6-7-13-21(19)22)43-18(2)26-24(37)25(38)29(42-26)36-16-34-23-27(31)32-15-33-28(23)36/h6-10,13-18,20,24-26,29,37-38H,3-5,11-12H2,1-2H3,(H,35,40)(H2,31,32,33)/t17?,18?,24?,25?,26-,29-,45?/m1/s1. The predicted octanol–water partition coefficient (Wildman–Crippen LogP) is 3.63. The van der Waals surface area contributed by atoms with Gasteiger partial charge in [-0.3, -0.25) is 13.9 Å². The number of anilines is 1. The molecule has 1 aliphatic carbocycles. The highest BCUT2D eigenvalue weighted by Crippen LogP contribution is 2.49. The molecule has 0 bridgehead atoms. The third-order valence-corrected chi connectivity index (χ3v) is 9.96. The van der Waals surface area contributed by atoms with E-state index in [-0.39, 0.29) is 17.7 Å². The minimum Gasteiger partial charge on any atom is -0.461 e. The molecule has 7 atom stereocenters. The van der Waals surface area contributed by atoms with Crippen LogP contribution in [0.25, 0.3) is 21.9 Å². The van der Waals surface area contributed by atoms with E-state index in [1.54, 1.807) is 12.1 Å². The molecule has 3 heterocycles. The van der Waals surface area contributed by atoms with Gasteiger partial charge in [0.15, 0.2) is 17.7 Å². The monoisotopic (exact) mass is 640 g/mol. The first kappa shape index (κ1) is 31.3. The second kappa shape index (κ2) is 13.0. The molecule has 45 heavy (non-hydrogen) atoms. The SMILES string of the molecule is CC(NP(=O)(Oc1cccc2ccccc12)OC(C)[C@H]1O[C@@H](n2cnc3c(N)ncnc32)C(O)C1O)C(=O)OC1CCCCC1. The van der Waals surface area contributed by atoms with Crippen LogP contribution in [-0.4, -0.2) is 72.3 Å². The molecule has 2 aliphatic rings. The molecule has 6 rings (SSSR count). The Morgan fingerprint density at radius 1 is 1.07 bits per heavy atom. The molecule has 1 saturated carbocycles. The number of carbonyl (C=O) groups is 1. The lowest BCUT2D eigenvalue weighted by atomic mass is 9.98. The molecule has 1 saturated heterocycles. The van der Waals surface area contributed by atoms with Crippen LogP contribution in [0.2, 0.25) is 0 Å². The first-order valence-electron chi connectivity index (χ1n) is 15.0. The second-order valence-electron chi connectivity index (χ2n) is 11.5. The normalized spacial score (nSPS) is 25.2. The van der Waals surface area contributed by atoms with Crippen molar-refractivity contribution >= 4 is 41.5 Å². The van der Waals surface area contributed by atoms with Crippen LogP contribution in [0.15, 0.2) is 55.1 Å². The van der Waals surface area contributed by atoms with Crippen LogP contribution in [0.4, 0.5) is 5.82 Å². The number of aliphatic hydroxyl groups excluding tert-OH is 2. The lowest BCUT2D eigenvalue weighted by molar-refractivity contribution is -0.152. The fourth-order valence-corrected chi connectivity index (χ4v) is 7.57. The number of benzene rings is 2. The summed E-state index contributed by atoms with van der Waals surface area (Å²) in [6, 6.07) is 11.6. The number of esters is 1. The van der Waals surface area contributed by atoms with Crippen LogP contribution >= 0.6 is 7.75 Å². The molecular formula is C30H37N6O8P. The summed E-state index contributed by atoms with van der Waals surface area (Å²) in [5.74, 6) is -0.175.